The molecule has 2 aliphatic rings. The van der Waals surface area contributed by atoms with Gasteiger partial charge >= 0.3 is 0 Å². The van der Waals surface area contributed by atoms with Crippen molar-refractivity contribution in [1.29, 1.82) is 0 Å². The van der Waals surface area contributed by atoms with Crippen molar-refractivity contribution in [2.75, 3.05) is 66.0 Å². The van der Waals surface area contributed by atoms with Crippen molar-refractivity contribution in [2.45, 2.75) is 40.0 Å². The lowest BCUT2D eigenvalue weighted by atomic mass is 9.92. The second-order valence-electron chi connectivity index (χ2n) is 7.94. The van der Waals surface area contributed by atoms with Crippen LogP contribution in [0.15, 0.2) is 4.99 Å². The SMILES string of the molecule is CCNC(=NCCCN1CCCN(C)CC1)N1CC(C)CC(C)C1.I. The van der Waals surface area contributed by atoms with Crippen molar-refractivity contribution < 1.29 is 0 Å². The molecule has 0 bridgehead atoms. The van der Waals surface area contributed by atoms with Gasteiger partial charge in [0.25, 0.3) is 0 Å². The lowest BCUT2D eigenvalue weighted by Crippen LogP contribution is -2.48. The van der Waals surface area contributed by atoms with Crippen molar-refractivity contribution in [1.82, 2.24) is 20.0 Å². The fourth-order valence-corrected chi connectivity index (χ4v) is 4.06. The van der Waals surface area contributed by atoms with Crippen LogP contribution in [0.25, 0.3) is 0 Å². The summed E-state index contributed by atoms with van der Waals surface area (Å²) in [4.78, 5) is 12.5. The molecule has 0 saturated carbocycles. The van der Waals surface area contributed by atoms with E-state index in [4.69, 9.17) is 4.99 Å². The zero-order valence-electron chi connectivity index (χ0n) is 16.8. The van der Waals surface area contributed by atoms with E-state index in [9.17, 15) is 0 Å². The van der Waals surface area contributed by atoms with Crippen LogP contribution in [0.5, 0.6) is 0 Å². The molecule has 0 amide bonds. The number of likely N-dealkylation sites (N-methyl/N-ethyl adjacent to an activating group) is 1. The molecule has 2 aliphatic heterocycles. The van der Waals surface area contributed by atoms with Crippen molar-refractivity contribution in [3.8, 4) is 0 Å². The maximum Gasteiger partial charge on any atom is 0.193 e. The molecule has 0 aliphatic carbocycles. The number of likely N-dealkylation sites (tertiary alicyclic amines) is 1. The number of guanidine groups is 1. The lowest BCUT2D eigenvalue weighted by Gasteiger charge is -2.37. The number of aliphatic imine (C=N–C) groups is 1. The Kier molecular flexibility index (Phi) is 11.3. The zero-order chi connectivity index (χ0) is 17.4. The predicted molar refractivity (Wildman–Crippen MR) is 119 cm³/mol. The summed E-state index contributed by atoms with van der Waals surface area (Å²) in [5, 5.41) is 3.50. The van der Waals surface area contributed by atoms with E-state index in [0.29, 0.717) is 0 Å². The molecular formula is C19H40IN5. The van der Waals surface area contributed by atoms with Crippen LogP contribution in [-0.4, -0.2) is 86.6 Å². The summed E-state index contributed by atoms with van der Waals surface area (Å²) in [6, 6.07) is 0. The van der Waals surface area contributed by atoms with E-state index in [1.807, 2.05) is 0 Å². The summed E-state index contributed by atoms with van der Waals surface area (Å²) < 4.78 is 0. The predicted octanol–water partition coefficient (Wildman–Crippen LogP) is 2.58. The van der Waals surface area contributed by atoms with Gasteiger partial charge in [0, 0.05) is 39.3 Å². The number of hydrogen-bond donors (Lipinski definition) is 1. The van der Waals surface area contributed by atoms with Crippen molar-refractivity contribution in [3.05, 3.63) is 0 Å². The summed E-state index contributed by atoms with van der Waals surface area (Å²) in [5.74, 6) is 2.67. The molecule has 0 spiro atoms. The summed E-state index contributed by atoms with van der Waals surface area (Å²) in [7, 11) is 2.23. The van der Waals surface area contributed by atoms with Crippen molar-refractivity contribution >= 4 is 29.9 Å². The van der Waals surface area contributed by atoms with Crippen molar-refractivity contribution in [2.24, 2.45) is 16.8 Å². The van der Waals surface area contributed by atoms with Crippen LogP contribution in [0.3, 0.4) is 0 Å². The van der Waals surface area contributed by atoms with E-state index in [1.165, 1.54) is 45.6 Å². The molecule has 6 heteroatoms. The first-order valence-corrected chi connectivity index (χ1v) is 10.0. The fourth-order valence-electron chi connectivity index (χ4n) is 4.06. The minimum atomic E-state index is 0. The average Bonchev–Trinajstić information content (AvgIpc) is 2.74. The molecule has 1 N–H and O–H groups in total. The molecule has 0 aromatic rings. The van der Waals surface area contributed by atoms with E-state index in [1.54, 1.807) is 0 Å². The number of nitrogens with one attached hydrogen (secondary N) is 1. The topological polar surface area (TPSA) is 34.1 Å². The highest BCUT2D eigenvalue weighted by Gasteiger charge is 2.23. The Labute approximate surface area is 172 Å². The van der Waals surface area contributed by atoms with E-state index in [-0.39, 0.29) is 24.0 Å². The molecule has 148 valence electrons. The maximum atomic E-state index is 4.92. The molecule has 0 aromatic carbocycles. The molecule has 0 radical (unpaired) electrons. The van der Waals surface area contributed by atoms with Crippen LogP contribution in [0.4, 0.5) is 0 Å². The van der Waals surface area contributed by atoms with Crippen LogP contribution >= 0.6 is 24.0 Å². The average molecular weight is 465 g/mol. The zero-order valence-corrected chi connectivity index (χ0v) is 19.2. The lowest BCUT2D eigenvalue weighted by molar-refractivity contribution is 0.208. The van der Waals surface area contributed by atoms with Gasteiger partial charge in [-0.1, -0.05) is 13.8 Å². The Morgan fingerprint density at radius 3 is 2.48 bits per heavy atom. The van der Waals surface area contributed by atoms with Gasteiger partial charge in [0.2, 0.25) is 0 Å². The van der Waals surface area contributed by atoms with Gasteiger partial charge in [-0.2, -0.15) is 0 Å². The molecule has 2 atom stereocenters. The van der Waals surface area contributed by atoms with Crippen LogP contribution in [0.2, 0.25) is 0 Å². The third-order valence-corrected chi connectivity index (χ3v) is 5.21. The molecule has 0 aromatic heterocycles. The number of halogens is 1. The first kappa shape index (κ1) is 23.0. The second-order valence-corrected chi connectivity index (χ2v) is 7.94. The Morgan fingerprint density at radius 1 is 1.08 bits per heavy atom. The van der Waals surface area contributed by atoms with Crippen LogP contribution in [0, 0.1) is 11.8 Å². The summed E-state index contributed by atoms with van der Waals surface area (Å²) in [5.41, 5.74) is 0. The van der Waals surface area contributed by atoms with Crippen LogP contribution < -0.4 is 5.32 Å². The summed E-state index contributed by atoms with van der Waals surface area (Å²) >= 11 is 0. The Bertz CT molecular complexity index is 380. The standard InChI is InChI=1S/C19H39N5.HI/c1-5-20-19(24-15-17(2)14-18(3)16-24)21-8-6-10-23-11-7-9-22(4)12-13-23;/h17-18H,5-16H2,1-4H3,(H,20,21);1H. The molecule has 2 rings (SSSR count). The quantitative estimate of drug-likeness (QED) is 0.293. The van der Waals surface area contributed by atoms with Gasteiger partial charge in [0.1, 0.15) is 0 Å². The van der Waals surface area contributed by atoms with E-state index in [0.717, 1.165) is 50.4 Å². The molecule has 2 heterocycles. The molecule has 2 unspecified atom stereocenters. The minimum Gasteiger partial charge on any atom is -0.357 e. The highest BCUT2D eigenvalue weighted by molar-refractivity contribution is 14.0. The first-order valence-electron chi connectivity index (χ1n) is 10.0. The largest absolute Gasteiger partial charge is 0.357 e. The highest BCUT2D eigenvalue weighted by atomic mass is 127. The Balaban J connectivity index is 0.00000312. The minimum absolute atomic E-state index is 0. The van der Waals surface area contributed by atoms with Gasteiger partial charge in [0.15, 0.2) is 5.96 Å². The second kappa shape index (κ2) is 12.3. The molecule has 25 heavy (non-hydrogen) atoms. The maximum absolute atomic E-state index is 4.92. The number of nitrogens with zero attached hydrogens (tertiary/aromatic N) is 4. The van der Waals surface area contributed by atoms with Gasteiger partial charge in [-0.25, -0.2) is 0 Å². The van der Waals surface area contributed by atoms with Crippen LogP contribution in [-0.2, 0) is 0 Å². The normalized spacial score (nSPS) is 26.9. The number of rotatable bonds is 5. The third kappa shape index (κ3) is 8.43. The molecular weight excluding hydrogens is 425 g/mol. The van der Waals surface area contributed by atoms with Crippen LogP contribution in [0.1, 0.15) is 40.0 Å². The smallest absolute Gasteiger partial charge is 0.193 e. The Hall–Kier alpha value is -0.0800. The van der Waals surface area contributed by atoms with E-state index in [2.05, 4.69) is 47.8 Å². The van der Waals surface area contributed by atoms with Gasteiger partial charge in [-0.15, -0.1) is 24.0 Å². The monoisotopic (exact) mass is 465 g/mol. The third-order valence-electron chi connectivity index (χ3n) is 5.21. The Morgan fingerprint density at radius 2 is 1.80 bits per heavy atom. The highest BCUT2D eigenvalue weighted by Crippen LogP contribution is 2.20. The van der Waals surface area contributed by atoms with Gasteiger partial charge in [-0.3, -0.25) is 4.99 Å². The number of piperidine rings is 1. The molecule has 5 nitrogen and oxygen atoms in total. The van der Waals surface area contributed by atoms with Gasteiger partial charge in [0.05, 0.1) is 0 Å². The number of hydrogen-bond acceptors (Lipinski definition) is 3. The first-order chi connectivity index (χ1) is 11.6. The molecule has 2 saturated heterocycles. The van der Waals surface area contributed by atoms with Gasteiger partial charge < -0.3 is 20.0 Å². The van der Waals surface area contributed by atoms with E-state index < -0.39 is 0 Å². The summed E-state index contributed by atoms with van der Waals surface area (Å²) in [6.45, 7) is 17.2. The molecule has 2 fully saturated rings. The fraction of sp³-hybridized carbons (Fsp3) is 0.947. The van der Waals surface area contributed by atoms with E-state index >= 15 is 0 Å². The van der Waals surface area contributed by atoms with Gasteiger partial charge in [-0.05, 0) is 64.7 Å². The van der Waals surface area contributed by atoms with Crippen molar-refractivity contribution in [3.63, 3.8) is 0 Å². The summed E-state index contributed by atoms with van der Waals surface area (Å²) in [6.07, 6.45) is 3.81.